The van der Waals surface area contributed by atoms with Crippen molar-refractivity contribution in [2.24, 2.45) is 5.73 Å². The van der Waals surface area contributed by atoms with Crippen LogP contribution in [0, 0.1) is 0 Å². The standard InChI is InChI=1S/C11H8BrCl2NS/c12-10-5-16-4-9(10)11(15)6-1-7(13)3-8(14)2-6/h1-5,11H,15H2. The summed E-state index contributed by atoms with van der Waals surface area (Å²) in [5.74, 6) is 0. The Morgan fingerprint density at radius 3 is 2.25 bits per heavy atom. The van der Waals surface area contributed by atoms with Crippen LogP contribution in [0.5, 0.6) is 0 Å². The van der Waals surface area contributed by atoms with Crippen molar-refractivity contribution >= 4 is 50.5 Å². The van der Waals surface area contributed by atoms with Crippen LogP contribution < -0.4 is 5.73 Å². The average Bonchev–Trinajstić information content (AvgIpc) is 2.62. The van der Waals surface area contributed by atoms with Gasteiger partial charge >= 0.3 is 0 Å². The van der Waals surface area contributed by atoms with Crippen molar-refractivity contribution in [1.29, 1.82) is 0 Å². The highest BCUT2D eigenvalue weighted by Crippen LogP contribution is 2.32. The van der Waals surface area contributed by atoms with Crippen LogP contribution in [0.1, 0.15) is 17.2 Å². The fourth-order valence-electron chi connectivity index (χ4n) is 1.45. The first-order valence-electron chi connectivity index (χ1n) is 4.51. The summed E-state index contributed by atoms with van der Waals surface area (Å²) in [7, 11) is 0. The van der Waals surface area contributed by atoms with E-state index < -0.39 is 0 Å². The van der Waals surface area contributed by atoms with Gasteiger partial charge in [-0.3, -0.25) is 0 Å². The molecular formula is C11H8BrCl2NS. The fourth-order valence-corrected chi connectivity index (χ4v) is 3.57. The first-order chi connectivity index (χ1) is 7.58. The van der Waals surface area contributed by atoms with Crippen LogP contribution in [-0.4, -0.2) is 0 Å². The summed E-state index contributed by atoms with van der Waals surface area (Å²) in [4.78, 5) is 0. The summed E-state index contributed by atoms with van der Waals surface area (Å²) in [6.07, 6.45) is 0. The van der Waals surface area contributed by atoms with E-state index in [1.807, 2.05) is 22.9 Å². The van der Waals surface area contributed by atoms with Crippen molar-refractivity contribution in [1.82, 2.24) is 0 Å². The number of thiophene rings is 1. The first kappa shape index (κ1) is 12.4. The normalized spacial score (nSPS) is 12.8. The third-order valence-corrected chi connectivity index (χ3v) is 4.41. The Hall–Kier alpha value is -0.0600. The maximum absolute atomic E-state index is 6.16. The largest absolute Gasteiger partial charge is 0.320 e. The summed E-state index contributed by atoms with van der Waals surface area (Å²) >= 11 is 17.0. The van der Waals surface area contributed by atoms with Gasteiger partial charge in [0.15, 0.2) is 0 Å². The zero-order chi connectivity index (χ0) is 11.7. The highest BCUT2D eigenvalue weighted by Gasteiger charge is 2.14. The van der Waals surface area contributed by atoms with Crippen molar-refractivity contribution < 1.29 is 0 Å². The molecule has 0 fully saturated rings. The third-order valence-electron chi connectivity index (χ3n) is 2.22. The molecule has 0 aliphatic heterocycles. The van der Waals surface area contributed by atoms with Crippen molar-refractivity contribution in [2.45, 2.75) is 6.04 Å². The summed E-state index contributed by atoms with van der Waals surface area (Å²) < 4.78 is 1.01. The van der Waals surface area contributed by atoms with Gasteiger partial charge < -0.3 is 5.73 Å². The highest BCUT2D eigenvalue weighted by molar-refractivity contribution is 9.10. The Bertz CT molecular complexity index is 492. The van der Waals surface area contributed by atoms with E-state index in [9.17, 15) is 0 Å². The number of nitrogens with two attached hydrogens (primary N) is 1. The van der Waals surface area contributed by atoms with Crippen molar-refractivity contribution in [3.8, 4) is 0 Å². The Kier molecular flexibility index (Phi) is 3.93. The second-order valence-corrected chi connectivity index (χ2v) is 5.83. The van der Waals surface area contributed by atoms with E-state index in [0.29, 0.717) is 10.0 Å². The van der Waals surface area contributed by atoms with Gasteiger partial charge in [0, 0.05) is 19.9 Å². The van der Waals surface area contributed by atoms with E-state index >= 15 is 0 Å². The van der Waals surface area contributed by atoms with Gasteiger partial charge in [0.05, 0.1) is 6.04 Å². The molecule has 2 aromatic rings. The van der Waals surface area contributed by atoms with Crippen LogP contribution in [0.25, 0.3) is 0 Å². The second-order valence-electron chi connectivity index (χ2n) is 3.36. The SMILES string of the molecule is NC(c1cc(Cl)cc(Cl)c1)c1cscc1Br. The summed E-state index contributed by atoms with van der Waals surface area (Å²) in [6.45, 7) is 0. The number of hydrogen-bond acceptors (Lipinski definition) is 2. The van der Waals surface area contributed by atoms with E-state index in [1.54, 1.807) is 17.4 Å². The molecule has 1 aromatic heterocycles. The monoisotopic (exact) mass is 335 g/mol. The molecule has 1 atom stereocenters. The van der Waals surface area contributed by atoms with E-state index in [2.05, 4.69) is 15.9 Å². The summed E-state index contributed by atoms with van der Waals surface area (Å²) in [6, 6.07) is 5.16. The molecule has 0 amide bonds. The van der Waals surface area contributed by atoms with Crippen LogP contribution in [-0.2, 0) is 0 Å². The molecule has 0 radical (unpaired) electrons. The summed E-state index contributed by atoms with van der Waals surface area (Å²) in [5, 5.41) is 5.22. The van der Waals surface area contributed by atoms with Crippen LogP contribution in [0.15, 0.2) is 33.4 Å². The van der Waals surface area contributed by atoms with Crippen molar-refractivity contribution in [3.63, 3.8) is 0 Å². The minimum atomic E-state index is -0.211. The van der Waals surface area contributed by atoms with E-state index in [-0.39, 0.29) is 6.04 Å². The quantitative estimate of drug-likeness (QED) is 0.832. The molecule has 84 valence electrons. The minimum Gasteiger partial charge on any atom is -0.320 e. The summed E-state index contributed by atoms with van der Waals surface area (Å²) in [5.41, 5.74) is 8.12. The molecule has 1 aromatic carbocycles. The fraction of sp³-hybridized carbons (Fsp3) is 0.0909. The predicted octanol–water partition coefficient (Wildman–Crippen LogP) is 4.87. The number of hydrogen-bond donors (Lipinski definition) is 1. The lowest BCUT2D eigenvalue weighted by Crippen LogP contribution is -2.11. The molecule has 1 unspecified atom stereocenters. The van der Waals surface area contributed by atoms with Crippen molar-refractivity contribution in [3.05, 3.63) is 54.6 Å². The lowest BCUT2D eigenvalue weighted by Gasteiger charge is -2.12. The molecular weight excluding hydrogens is 329 g/mol. The third kappa shape index (κ3) is 2.60. The van der Waals surface area contributed by atoms with Gasteiger partial charge in [-0.15, -0.1) is 0 Å². The Labute approximate surface area is 116 Å². The molecule has 5 heteroatoms. The Morgan fingerprint density at radius 2 is 1.75 bits per heavy atom. The van der Waals surface area contributed by atoms with Crippen LogP contribution in [0.3, 0.4) is 0 Å². The van der Waals surface area contributed by atoms with Gasteiger partial charge in [0.2, 0.25) is 0 Å². The Morgan fingerprint density at radius 1 is 1.12 bits per heavy atom. The van der Waals surface area contributed by atoms with Gasteiger partial charge in [-0.2, -0.15) is 11.3 Å². The zero-order valence-corrected chi connectivity index (χ0v) is 12.0. The molecule has 1 heterocycles. The van der Waals surface area contributed by atoms with Crippen LogP contribution in [0.2, 0.25) is 10.0 Å². The molecule has 0 aliphatic carbocycles. The van der Waals surface area contributed by atoms with Crippen LogP contribution >= 0.6 is 50.5 Å². The van der Waals surface area contributed by atoms with Gasteiger partial charge in [0.1, 0.15) is 0 Å². The molecule has 0 spiro atoms. The second kappa shape index (κ2) is 5.07. The molecule has 2 rings (SSSR count). The molecule has 16 heavy (non-hydrogen) atoms. The smallest absolute Gasteiger partial charge is 0.0572 e. The van der Waals surface area contributed by atoms with Crippen molar-refractivity contribution in [2.75, 3.05) is 0 Å². The number of halogens is 3. The maximum Gasteiger partial charge on any atom is 0.0572 e. The van der Waals surface area contributed by atoms with E-state index in [1.165, 1.54) is 0 Å². The first-order valence-corrected chi connectivity index (χ1v) is 7.00. The zero-order valence-electron chi connectivity index (χ0n) is 8.08. The van der Waals surface area contributed by atoms with Gasteiger partial charge in [-0.1, -0.05) is 23.2 Å². The molecule has 0 aliphatic rings. The van der Waals surface area contributed by atoms with Gasteiger partial charge in [-0.25, -0.2) is 0 Å². The minimum absolute atomic E-state index is 0.211. The van der Waals surface area contributed by atoms with E-state index in [4.69, 9.17) is 28.9 Å². The molecule has 1 nitrogen and oxygen atoms in total. The molecule has 0 saturated heterocycles. The maximum atomic E-state index is 6.16. The topological polar surface area (TPSA) is 26.0 Å². The number of rotatable bonds is 2. The van der Waals surface area contributed by atoms with Gasteiger partial charge in [-0.05, 0) is 50.6 Å². The molecule has 0 saturated carbocycles. The van der Waals surface area contributed by atoms with E-state index in [0.717, 1.165) is 15.6 Å². The van der Waals surface area contributed by atoms with Crippen LogP contribution in [0.4, 0.5) is 0 Å². The lowest BCUT2D eigenvalue weighted by molar-refractivity contribution is 0.872. The average molecular weight is 337 g/mol. The predicted molar refractivity (Wildman–Crippen MR) is 74.5 cm³/mol. The Balaban J connectivity index is 2.41. The lowest BCUT2D eigenvalue weighted by atomic mass is 10.0. The highest BCUT2D eigenvalue weighted by atomic mass is 79.9. The van der Waals surface area contributed by atoms with Gasteiger partial charge in [0.25, 0.3) is 0 Å². The molecule has 0 bridgehead atoms. The number of benzene rings is 1. The molecule has 2 N–H and O–H groups in total.